The van der Waals surface area contributed by atoms with E-state index < -0.39 is 0 Å². The van der Waals surface area contributed by atoms with Gasteiger partial charge in [-0.05, 0) is 80.2 Å². The van der Waals surface area contributed by atoms with Crippen LogP contribution in [0.3, 0.4) is 0 Å². The smallest absolute Gasteiger partial charge is 0.0553 e. The molecule has 2 nitrogen and oxygen atoms in total. The third kappa shape index (κ3) is 2.96. The van der Waals surface area contributed by atoms with Crippen LogP contribution < -0.4 is 0 Å². The Morgan fingerprint density at radius 3 is 2.76 bits per heavy atom. The fourth-order valence-corrected chi connectivity index (χ4v) is 4.40. The molecule has 0 N–H and O–H groups in total. The molecule has 1 unspecified atom stereocenters. The monoisotopic (exact) mass is 330 g/mol. The minimum atomic E-state index is 0.370. The number of benzene rings is 1. The number of hydrogen-bond donors (Lipinski definition) is 0. The zero-order valence-electron chi connectivity index (χ0n) is 15.2. The van der Waals surface area contributed by atoms with Crippen molar-refractivity contribution >= 4 is 11.6 Å². The number of piperidine rings is 1. The number of allylic oxidation sites excluding steroid dienone is 2. The first kappa shape index (κ1) is 16.3. The van der Waals surface area contributed by atoms with Crippen molar-refractivity contribution < 1.29 is 0 Å². The van der Waals surface area contributed by atoms with Crippen LogP contribution in [0.25, 0.3) is 11.6 Å². The maximum atomic E-state index is 4.85. The lowest BCUT2D eigenvalue weighted by molar-refractivity contribution is 0.206. The average Bonchev–Trinajstić information content (AvgIpc) is 2.76. The summed E-state index contributed by atoms with van der Waals surface area (Å²) >= 11 is 0. The van der Waals surface area contributed by atoms with Gasteiger partial charge in [-0.3, -0.25) is 4.98 Å². The fourth-order valence-electron chi connectivity index (χ4n) is 4.40. The van der Waals surface area contributed by atoms with E-state index in [0.717, 1.165) is 0 Å². The summed E-state index contributed by atoms with van der Waals surface area (Å²) in [5, 5.41) is 0. The van der Waals surface area contributed by atoms with Crippen molar-refractivity contribution in [2.75, 3.05) is 20.1 Å². The van der Waals surface area contributed by atoms with Gasteiger partial charge in [-0.15, -0.1) is 0 Å². The number of fused-ring (bicyclic) bond motifs is 2. The first-order valence-electron chi connectivity index (χ1n) is 9.26. The molecular weight excluding hydrogens is 304 g/mol. The maximum absolute atomic E-state index is 4.85. The van der Waals surface area contributed by atoms with Crippen molar-refractivity contribution in [3.8, 4) is 0 Å². The highest BCUT2D eigenvalue weighted by Crippen LogP contribution is 2.44. The molecule has 1 aromatic carbocycles. The SMILES string of the molecule is C=CC1=Cc2cccnc2C(C2CCN(C)CC2)c2ccc(C)cc21. The zero-order chi connectivity index (χ0) is 17.4. The van der Waals surface area contributed by atoms with E-state index in [-0.39, 0.29) is 0 Å². The predicted octanol–water partition coefficient (Wildman–Crippen LogP) is 4.90. The van der Waals surface area contributed by atoms with Gasteiger partial charge in [-0.2, -0.15) is 0 Å². The largest absolute Gasteiger partial charge is 0.306 e. The number of nitrogens with zero attached hydrogens (tertiary/aromatic N) is 2. The summed E-state index contributed by atoms with van der Waals surface area (Å²) in [5.41, 5.74) is 7.74. The van der Waals surface area contributed by atoms with Crippen LogP contribution in [0.1, 0.15) is 46.7 Å². The predicted molar refractivity (Wildman–Crippen MR) is 106 cm³/mol. The van der Waals surface area contributed by atoms with Crippen molar-refractivity contribution in [3.63, 3.8) is 0 Å². The van der Waals surface area contributed by atoms with E-state index >= 15 is 0 Å². The van der Waals surface area contributed by atoms with Gasteiger partial charge in [0.05, 0.1) is 5.69 Å². The molecule has 1 atom stereocenters. The molecular formula is C23H26N2. The van der Waals surface area contributed by atoms with Crippen LogP contribution >= 0.6 is 0 Å². The second-order valence-corrected chi connectivity index (χ2v) is 7.49. The van der Waals surface area contributed by atoms with Crippen LogP contribution in [-0.2, 0) is 0 Å². The molecule has 2 aliphatic rings. The lowest BCUT2D eigenvalue weighted by Crippen LogP contribution is -2.33. The van der Waals surface area contributed by atoms with E-state index in [1.165, 1.54) is 59.5 Å². The molecule has 4 rings (SSSR count). The minimum Gasteiger partial charge on any atom is -0.306 e. The Balaban J connectivity index is 1.91. The summed E-state index contributed by atoms with van der Waals surface area (Å²) in [6.07, 6.45) is 8.66. The number of likely N-dealkylation sites (tertiary alicyclic amines) is 1. The lowest BCUT2D eigenvalue weighted by Gasteiger charge is -2.35. The molecule has 1 aliphatic carbocycles. The third-order valence-electron chi connectivity index (χ3n) is 5.79. The van der Waals surface area contributed by atoms with E-state index in [1.54, 1.807) is 0 Å². The highest BCUT2D eigenvalue weighted by molar-refractivity contribution is 5.90. The number of hydrogen-bond acceptors (Lipinski definition) is 2. The summed E-state index contributed by atoms with van der Waals surface area (Å²) in [5.74, 6) is 1.01. The first-order valence-corrected chi connectivity index (χ1v) is 9.26. The Bertz CT molecular complexity index is 826. The molecule has 25 heavy (non-hydrogen) atoms. The molecule has 1 aromatic heterocycles. The lowest BCUT2D eigenvalue weighted by atomic mass is 9.76. The summed E-state index contributed by atoms with van der Waals surface area (Å²) in [4.78, 5) is 7.29. The standard InChI is InChI=1S/C23H26N2/c1-4-17-15-19-6-5-11-24-23(19)22(18-9-12-25(3)13-10-18)20-8-7-16(2)14-21(17)20/h4-8,11,14-15,18,22H,1,9-10,12-13H2,2-3H3. The highest BCUT2D eigenvalue weighted by Gasteiger charge is 2.33. The van der Waals surface area contributed by atoms with E-state index in [4.69, 9.17) is 4.98 Å². The third-order valence-corrected chi connectivity index (χ3v) is 5.79. The van der Waals surface area contributed by atoms with Crippen molar-refractivity contribution in [2.24, 2.45) is 5.92 Å². The van der Waals surface area contributed by atoms with Crippen LogP contribution in [0.2, 0.25) is 0 Å². The van der Waals surface area contributed by atoms with Gasteiger partial charge in [0.2, 0.25) is 0 Å². The van der Waals surface area contributed by atoms with E-state index in [0.29, 0.717) is 11.8 Å². The Labute approximate surface area is 150 Å². The van der Waals surface area contributed by atoms with Crippen molar-refractivity contribution in [3.05, 3.63) is 77.1 Å². The number of pyridine rings is 1. The van der Waals surface area contributed by atoms with Gasteiger partial charge in [0, 0.05) is 12.1 Å². The van der Waals surface area contributed by atoms with Gasteiger partial charge in [-0.25, -0.2) is 0 Å². The topological polar surface area (TPSA) is 16.1 Å². The number of aryl methyl sites for hydroxylation is 1. The number of aromatic nitrogens is 1. The van der Waals surface area contributed by atoms with E-state index in [2.05, 4.69) is 55.8 Å². The van der Waals surface area contributed by atoms with Crippen LogP contribution in [0.5, 0.6) is 0 Å². The molecule has 0 radical (unpaired) electrons. The molecule has 2 aromatic rings. The van der Waals surface area contributed by atoms with Gasteiger partial charge in [0.15, 0.2) is 0 Å². The van der Waals surface area contributed by atoms with Crippen LogP contribution in [-0.4, -0.2) is 30.0 Å². The highest BCUT2D eigenvalue weighted by atomic mass is 15.1. The molecule has 1 aliphatic heterocycles. The normalized spacial score (nSPS) is 21.0. The second kappa shape index (κ2) is 6.61. The Hall–Kier alpha value is -2.19. The van der Waals surface area contributed by atoms with Crippen molar-refractivity contribution in [2.45, 2.75) is 25.7 Å². The molecule has 0 bridgehead atoms. The molecule has 0 amide bonds. The van der Waals surface area contributed by atoms with Crippen LogP contribution in [0.4, 0.5) is 0 Å². The number of rotatable bonds is 2. The maximum Gasteiger partial charge on any atom is 0.0553 e. The molecule has 0 saturated carbocycles. The summed E-state index contributed by atoms with van der Waals surface area (Å²) in [7, 11) is 2.23. The Morgan fingerprint density at radius 2 is 2.00 bits per heavy atom. The average molecular weight is 330 g/mol. The van der Waals surface area contributed by atoms with E-state index in [9.17, 15) is 0 Å². The van der Waals surface area contributed by atoms with Gasteiger partial charge in [0.1, 0.15) is 0 Å². The van der Waals surface area contributed by atoms with Crippen molar-refractivity contribution in [1.29, 1.82) is 0 Å². The zero-order valence-corrected chi connectivity index (χ0v) is 15.2. The van der Waals surface area contributed by atoms with Crippen molar-refractivity contribution in [1.82, 2.24) is 9.88 Å². The van der Waals surface area contributed by atoms with E-state index in [1.807, 2.05) is 18.3 Å². The van der Waals surface area contributed by atoms with Crippen LogP contribution in [0, 0.1) is 12.8 Å². The molecule has 0 spiro atoms. The van der Waals surface area contributed by atoms with Gasteiger partial charge in [0.25, 0.3) is 0 Å². The molecule has 128 valence electrons. The molecule has 2 heteroatoms. The van der Waals surface area contributed by atoms with Gasteiger partial charge >= 0.3 is 0 Å². The quantitative estimate of drug-likeness (QED) is 0.778. The van der Waals surface area contributed by atoms with Gasteiger partial charge in [-0.1, -0.05) is 42.5 Å². The van der Waals surface area contributed by atoms with Crippen LogP contribution in [0.15, 0.2) is 49.2 Å². The summed E-state index contributed by atoms with van der Waals surface area (Å²) in [6, 6.07) is 11.1. The second-order valence-electron chi connectivity index (χ2n) is 7.49. The fraction of sp³-hybridized carbons (Fsp3) is 0.348. The minimum absolute atomic E-state index is 0.370. The first-order chi connectivity index (χ1) is 12.2. The molecule has 1 fully saturated rings. The molecule has 1 saturated heterocycles. The summed E-state index contributed by atoms with van der Waals surface area (Å²) < 4.78 is 0. The summed E-state index contributed by atoms with van der Waals surface area (Å²) in [6.45, 7) is 8.59. The van der Waals surface area contributed by atoms with Gasteiger partial charge < -0.3 is 4.90 Å². The Kier molecular flexibility index (Phi) is 4.30. The molecule has 2 heterocycles. The Morgan fingerprint density at radius 1 is 1.20 bits per heavy atom.